The highest BCUT2D eigenvalue weighted by Crippen LogP contribution is 2.28. The Balaban J connectivity index is 2.18. The van der Waals surface area contributed by atoms with Crippen LogP contribution in [-0.4, -0.2) is 19.7 Å². The summed E-state index contributed by atoms with van der Waals surface area (Å²) in [4.78, 5) is 0. The molecule has 0 bridgehead atoms. The molecule has 0 aromatic heterocycles. The molecule has 1 saturated heterocycles. The van der Waals surface area contributed by atoms with E-state index < -0.39 is 0 Å². The van der Waals surface area contributed by atoms with Crippen LogP contribution in [0.2, 0.25) is 0 Å². The van der Waals surface area contributed by atoms with Gasteiger partial charge in [0.25, 0.3) is 0 Å². The minimum absolute atomic E-state index is 0.628. The first-order valence-corrected chi connectivity index (χ1v) is 6.56. The third-order valence-electron chi connectivity index (χ3n) is 3.19. The molecule has 1 heterocycles. The average molecular weight is 284 g/mol. The SMILES string of the molecule is COc1cc(CC2CCCN2)c(Br)cc1C. The van der Waals surface area contributed by atoms with Gasteiger partial charge in [-0.1, -0.05) is 15.9 Å². The lowest BCUT2D eigenvalue weighted by molar-refractivity contribution is 0.410. The number of methoxy groups -OCH3 is 1. The second-order valence-electron chi connectivity index (χ2n) is 4.41. The van der Waals surface area contributed by atoms with Gasteiger partial charge in [0.15, 0.2) is 0 Å². The predicted molar refractivity (Wildman–Crippen MR) is 70.2 cm³/mol. The summed E-state index contributed by atoms with van der Waals surface area (Å²) in [6, 6.07) is 4.92. The average Bonchev–Trinajstić information content (AvgIpc) is 2.75. The topological polar surface area (TPSA) is 21.3 Å². The Morgan fingerprint density at radius 2 is 2.31 bits per heavy atom. The van der Waals surface area contributed by atoms with E-state index in [-0.39, 0.29) is 0 Å². The second-order valence-corrected chi connectivity index (χ2v) is 5.26. The van der Waals surface area contributed by atoms with Crippen molar-refractivity contribution in [3.8, 4) is 5.75 Å². The smallest absolute Gasteiger partial charge is 0.122 e. The van der Waals surface area contributed by atoms with Gasteiger partial charge < -0.3 is 10.1 Å². The van der Waals surface area contributed by atoms with Crippen LogP contribution in [0.4, 0.5) is 0 Å². The molecule has 1 aliphatic heterocycles. The summed E-state index contributed by atoms with van der Waals surface area (Å²) < 4.78 is 6.56. The number of hydrogen-bond donors (Lipinski definition) is 1. The fourth-order valence-electron chi connectivity index (χ4n) is 2.27. The molecule has 1 atom stereocenters. The van der Waals surface area contributed by atoms with Crippen LogP contribution in [-0.2, 0) is 6.42 Å². The highest BCUT2D eigenvalue weighted by molar-refractivity contribution is 9.10. The molecule has 1 fully saturated rings. The summed E-state index contributed by atoms with van der Waals surface area (Å²) in [5, 5.41) is 3.52. The zero-order valence-corrected chi connectivity index (χ0v) is 11.4. The first-order chi connectivity index (χ1) is 7.70. The van der Waals surface area contributed by atoms with E-state index in [1.807, 2.05) is 0 Å². The molecule has 3 heteroatoms. The largest absolute Gasteiger partial charge is 0.496 e. The third-order valence-corrected chi connectivity index (χ3v) is 3.93. The maximum Gasteiger partial charge on any atom is 0.122 e. The Kier molecular flexibility index (Phi) is 3.87. The summed E-state index contributed by atoms with van der Waals surface area (Å²) in [7, 11) is 1.73. The van der Waals surface area contributed by atoms with Crippen LogP contribution in [0.1, 0.15) is 24.0 Å². The summed E-state index contributed by atoms with van der Waals surface area (Å²) >= 11 is 3.63. The molecule has 0 saturated carbocycles. The van der Waals surface area contributed by atoms with E-state index in [4.69, 9.17) is 4.74 Å². The molecule has 2 rings (SSSR count). The van der Waals surface area contributed by atoms with E-state index in [9.17, 15) is 0 Å². The fraction of sp³-hybridized carbons (Fsp3) is 0.538. The number of benzene rings is 1. The molecule has 0 radical (unpaired) electrons. The summed E-state index contributed by atoms with van der Waals surface area (Å²) in [6.07, 6.45) is 3.66. The summed E-state index contributed by atoms with van der Waals surface area (Å²) in [5.74, 6) is 0.983. The molecule has 1 aliphatic rings. The number of halogens is 1. The standard InChI is InChI=1S/C13H18BrNO/c1-9-6-12(14)10(8-13(9)16-2)7-11-4-3-5-15-11/h6,8,11,15H,3-5,7H2,1-2H3. The Morgan fingerprint density at radius 1 is 1.50 bits per heavy atom. The number of hydrogen-bond acceptors (Lipinski definition) is 2. The van der Waals surface area contributed by atoms with Crippen LogP contribution in [0.3, 0.4) is 0 Å². The summed E-state index contributed by atoms with van der Waals surface area (Å²) in [5.41, 5.74) is 2.51. The fourth-order valence-corrected chi connectivity index (χ4v) is 2.89. The van der Waals surface area contributed by atoms with Gasteiger partial charge in [-0.05, 0) is 56.0 Å². The van der Waals surface area contributed by atoms with E-state index in [1.54, 1.807) is 7.11 Å². The number of ether oxygens (including phenoxy) is 1. The van der Waals surface area contributed by atoms with E-state index >= 15 is 0 Å². The quantitative estimate of drug-likeness (QED) is 0.921. The van der Waals surface area contributed by atoms with E-state index in [0.29, 0.717) is 6.04 Å². The molecule has 0 spiro atoms. The first-order valence-electron chi connectivity index (χ1n) is 5.77. The highest BCUT2D eigenvalue weighted by Gasteiger charge is 2.16. The molecule has 1 unspecified atom stereocenters. The van der Waals surface area contributed by atoms with Crippen LogP contribution in [0, 0.1) is 6.92 Å². The Morgan fingerprint density at radius 3 is 2.94 bits per heavy atom. The minimum atomic E-state index is 0.628. The molecular formula is C13H18BrNO. The highest BCUT2D eigenvalue weighted by atomic mass is 79.9. The molecule has 16 heavy (non-hydrogen) atoms. The molecule has 2 nitrogen and oxygen atoms in total. The molecule has 1 aromatic rings. The van der Waals surface area contributed by atoms with Gasteiger partial charge in [0.1, 0.15) is 5.75 Å². The van der Waals surface area contributed by atoms with Gasteiger partial charge in [0.2, 0.25) is 0 Å². The zero-order valence-electron chi connectivity index (χ0n) is 9.85. The van der Waals surface area contributed by atoms with Crippen molar-refractivity contribution in [1.29, 1.82) is 0 Å². The van der Waals surface area contributed by atoms with E-state index in [0.717, 1.165) is 18.7 Å². The van der Waals surface area contributed by atoms with Gasteiger partial charge in [-0.2, -0.15) is 0 Å². The van der Waals surface area contributed by atoms with Crippen molar-refractivity contribution in [1.82, 2.24) is 5.32 Å². The molecule has 1 aromatic carbocycles. The van der Waals surface area contributed by atoms with Gasteiger partial charge in [0, 0.05) is 10.5 Å². The van der Waals surface area contributed by atoms with Gasteiger partial charge in [-0.15, -0.1) is 0 Å². The van der Waals surface area contributed by atoms with Crippen molar-refractivity contribution in [3.63, 3.8) is 0 Å². The van der Waals surface area contributed by atoms with Gasteiger partial charge in [0.05, 0.1) is 7.11 Å². The van der Waals surface area contributed by atoms with Crippen molar-refractivity contribution < 1.29 is 4.74 Å². The summed E-state index contributed by atoms with van der Waals surface area (Å²) in [6.45, 7) is 3.23. The van der Waals surface area contributed by atoms with Crippen molar-refractivity contribution in [3.05, 3.63) is 27.7 Å². The molecule has 1 N–H and O–H groups in total. The van der Waals surface area contributed by atoms with Crippen LogP contribution in [0.5, 0.6) is 5.75 Å². The molecular weight excluding hydrogens is 266 g/mol. The second kappa shape index (κ2) is 5.19. The Hall–Kier alpha value is -0.540. The Labute approximate surface area is 106 Å². The Bertz CT molecular complexity index is 372. The monoisotopic (exact) mass is 283 g/mol. The van der Waals surface area contributed by atoms with Crippen molar-refractivity contribution >= 4 is 15.9 Å². The van der Waals surface area contributed by atoms with Gasteiger partial charge in [-0.3, -0.25) is 0 Å². The zero-order chi connectivity index (χ0) is 11.5. The number of aryl methyl sites for hydroxylation is 1. The lowest BCUT2D eigenvalue weighted by atomic mass is 10.0. The van der Waals surface area contributed by atoms with Crippen LogP contribution in [0.25, 0.3) is 0 Å². The van der Waals surface area contributed by atoms with Crippen LogP contribution >= 0.6 is 15.9 Å². The van der Waals surface area contributed by atoms with Gasteiger partial charge in [-0.25, -0.2) is 0 Å². The van der Waals surface area contributed by atoms with Crippen LogP contribution < -0.4 is 10.1 Å². The molecule has 0 aliphatic carbocycles. The van der Waals surface area contributed by atoms with Crippen LogP contribution in [0.15, 0.2) is 16.6 Å². The lowest BCUT2D eigenvalue weighted by Gasteiger charge is -2.14. The first kappa shape index (κ1) is 11.9. The minimum Gasteiger partial charge on any atom is -0.496 e. The molecule has 88 valence electrons. The van der Waals surface area contributed by atoms with Crippen molar-refractivity contribution in [2.45, 2.75) is 32.2 Å². The number of nitrogens with one attached hydrogen (secondary N) is 1. The lowest BCUT2D eigenvalue weighted by Crippen LogP contribution is -2.23. The number of rotatable bonds is 3. The van der Waals surface area contributed by atoms with Gasteiger partial charge >= 0.3 is 0 Å². The van der Waals surface area contributed by atoms with Crippen molar-refractivity contribution in [2.75, 3.05) is 13.7 Å². The molecule has 0 amide bonds. The maximum absolute atomic E-state index is 5.36. The third kappa shape index (κ3) is 2.58. The predicted octanol–water partition coefficient (Wildman–Crippen LogP) is 3.06. The van der Waals surface area contributed by atoms with E-state index in [1.165, 1.54) is 28.4 Å². The maximum atomic E-state index is 5.36. The van der Waals surface area contributed by atoms with Crippen molar-refractivity contribution in [2.24, 2.45) is 0 Å². The van der Waals surface area contributed by atoms with E-state index in [2.05, 4.69) is 40.3 Å². The normalized spacial score (nSPS) is 20.1.